The number of carbonyl (C=O) groups is 1. The van der Waals surface area contributed by atoms with Gasteiger partial charge >= 0.3 is 6.61 Å². The molecule has 1 fully saturated rings. The van der Waals surface area contributed by atoms with Gasteiger partial charge in [0, 0.05) is 11.6 Å². The fraction of sp³-hybridized carbons (Fsp3) is 0.353. The van der Waals surface area contributed by atoms with E-state index in [1.807, 2.05) is 0 Å². The van der Waals surface area contributed by atoms with Crippen molar-refractivity contribution in [3.63, 3.8) is 0 Å². The molecule has 26 heavy (non-hydrogen) atoms. The van der Waals surface area contributed by atoms with Crippen LogP contribution in [-0.4, -0.2) is 43.4 Å². The topological polar surface area (TPSA) is 76.8 Å². The van der Waals surface area contributed by atoms with Crippen LogP contribution in [0.5, 0.6) is 5.75 Å². The third kappa shape index (κ3) is 4.40. The van der Waals surface area contributed by atoms with E-state index in [9.17, 15) is 22.0 Å². The van der Waals surface area contributed by atoms with E-state index in [2.05, 4.69) is 4.74 Å². The van der Waals surface area contributed by atoms with Gasteiger partial charge in [-0.1, -0.05) is 0 Å². The van der Waals surface area contributed by atoms with Gasteiger partial charge in [0.05, 0.1) is 24.3 Å². The van der Waals surface area contributed by atoms with Gasteiger partial charge in [0.15, 0.2) is 9.84 Å². The van der Waals surface area contributed by atoms with Gasteiger partial charge in [-0.3, -0.25) is 4.79 Å². The van der Waals surface area contributed by atoms with Crippen molar-refractivity contribution >= 4 is 15.7 Å². The summed E-state index contributed by atoms with van der Waals surface area (Å²) in [4.78, 5) is 14.4. The van der Waals surface area contributed by atoms with Crippen LogP contribution in [0.15, 0.2) is 47.1 Å². The molecule has 0 spiro atoms. The molecule has 1 aromatic carbocycles. The second-order valence-electron chi connectivity index (χ2n) is 5.97. The Morgan fingerprint density at radius 2 is 2.00 bits per heavy atom. The monoisotopic (exact) mass is 385 g/mol. The van der Waals surface area contributed by atoms with E-state index in [-0.39, 0.29) is 29.4 Å². The number of amides is 1. The first-order chi connectivity index (χ1) is 12.3. The molecular weight excluding hydrogens is 368 g/mol. The number of ether oxygens (including phenoxy) is 1. The van der Waals surface area contributed by atoms with Crippen LogP contribution < -0.4 is 4.74 Å². The molecule has 0 saturated carbocycles. The lowest BCUT2D eigenvalue weighted by atomic mass is 10.1. The molecule has 1 aromatic heterocycles. The standard InChI is InChI=1S/C17H17F2NO5S/c18-17(19)25-14-5-3-12(4-6-14)16(21)20(10-15-2-1-8-24-15)13-7-9-26(22,23)11-13/h1-6,8,13,17H,7,9-11H2/t13-/m0/s1. The highest BCUT2D eigenvalue weighted by molar-refractivity contribution is 7.91. The zero-order valence-electron chi connectivity index (χ0n) is 13.7. The Bertz CT molecular complexity index is 850. The summed E-state index contributed by atoms with van der Waals surface area (Å²) in [5.41, 5.74) is 0.252. The second-order valence-corrected chi connectivity index (χ2v) is 8.20. The van der Waals surface area contributed by atoms with E-state index in [4.69, 9.17) is 4.42 Å². The molecule has 1 aliphatic heterocycles. The lowest BCUT2D eigenvalue weighted by molar-refractivity contribution is -0.0498. The van der Waals surface area contributed by atoms with Gasteiger partial charge in [-0.2, -0.15) is 8.78 Å². The van der Waals surface area contributed by atoms with Crippen molar-refractivity contribution in [2.45, 2.75) is 25.6 Å². The molecule has 0 radical (unpaired) electrons. The van der Waals surface area contributed by atoms with Crippen molar-refractivity contribution in [1.82, 2.24) is 4.90 Å². The molecule has 2 heterocycles. The van der Waals surface area contributed by atoms with Gasteiger partial charge in [0.1, 0.15) is 11.5 Å². The number of furan rings is 1. The fourth-order valence-corrected chi connectivity index (χ4v) is 4.63. The summed E-state index contributed by atoms with van der Waals surface area (Å²) in [6.45, 7) is -2.82. The van der Waals surface area contributed by atoms with Crippen LogP contribution in [0.4, 0.5) is 8.78 Å². The van der Waals surface area contributed by atoms with Crippen LogP contribution in [0.1, 0.15) is 22.5 Å². The number of sulfone groups is 1. The van der Waals surface area contributed by atoms with E-state index in [0.717, 1.165) is 0 Å². The Kier molecular flexibility index (Phi) is 5.26. The van der Waals surface area contributed by atoms with Crippen LogP contribution in [0, 0.1) is 0 Å². The Hall–Kier alpha value is -2.42. The highest BCUT2D eigenvalue weighted by Gasteiger charge is 2.35. The fourth-order valence-electron chi connectivity index (χ4n) is 2.90. The lowest BCUT2D eigenvalue weighted by Gasteiger charge is -2.27. The second kappa shape index (κ2) is 7.45. The van der Waals surface area contributed by atoms with Crippen molar-refractivity contribution in [2.75, 3.05) is 11.5 Å². The summed E-state index contributed by atoms with van der Waals surface area (Å²) in [5.74, 6) is -0.00254. The molecule has 0 N–H and O–H groups in total. The minimum Gasteiger partial charge on any atom is -0.467 e. The van der Waals surface area contributed by atoms with Crippen molar-refractivity contribution < 1.29 is 31.1 Å². The Morgan fingerprint density at radius 1 is 1.27 bits per heavy atom. The van der Waals surface area contributed by atoms with E-state index in [1.165, 1.54) is 35.4 Å². The molecule has 0 aliphatic carbocycles. The minimum atomic E-state index is -3.18. The van der Waals surface area contributed by atoms with Crippen molar-refractivity contribution in [2.24, 2.45) is 0 Å². The van der Waals surface area contributed by atoms with Gasteiger partial charge in [0.25, 0.3) is 5.91 Å². The highest BCUT2D eigenvalue weighted by atomic mass is 32.2. The predicted octanol–water partition coefficient (Wildman–Crippen LogP) is 2.71. The molecule has 1 amide bonds. The molecule has 9 heteroatoms. The van der Waals surface area contributed by atoms with Crippen molar-refractivity contribution in [1.29, 1.82) is 0 Å². The van der Waals surface area contributed by atoms with Crippen LogP contribution in [0.25, 0.3) is 0 Å². The summed E-state index contributed by atoms with van der Waals surface area (Å²) < 4.78 is 57.6. The van der Waals surface area contributed by atoms with Gasteiger partial charge < -0.3 is 14.1 Å². The van der Waals surface area contributed by atoms with Crippen LogP contribution >= 0.6 is 0 Å². The van der Waals surface area contributed by atoms with Crippen LogP contribution in [0.3, 0.4) is 0 Å². The average molecular weight is 385 g/mol. The number of hydrogen-bond donors (Lipinski definition) is 0. The first-order valence-corrected chi connectivity index (χ1v) is 9.75. The summed E-state index contributed by atoms with van der Waals surface area (Å²) in [5, 5.41) is 0. The minimum absolute atomic E-state index is 0.0285. The Balaban J connectivity index is 1.82. The zero-order valence-corrected chi connectivity index (χ0v) is 14.5. The number of carbonyl (C=O) groups excluding carboxylic acids is 1. The number of rotatable bonds is 6. The largest absolute Gasteiger partial charge is 0.467 e. The number of halogens is 2. The normalized spacial score (nSPS) is 18.8. The molecule has 0 bridgehead atoms. The molecular formula is C17H17F2NO5S. The summed E-state index contributed by atoms with van der Waals surface area (Å²) in [7, 11) is -3.18. The molecule has 140 valence electrons. The number of benzene rings is 1. The van der Waals surface area contributed by atoms with Gasteiger partial charge in [-0.05, 0) is 42.8 Å². The highest BCUT2D eigenvalue weighted by Crippen LogP contribution is 2.23. The molecule has 1 atom stereocenters. The van der Waals surface area contributed by atoms with Gasteiger partial charge in [0.2, 0.25) is 0 Å². The van der Waals surface area contributed by atoms with Crippen LogP contribution in [-0.2, 0) is 16.4 Å². The SMILES string of the molecule is O=C(c1ccc(OC(F)F)cc1)N(Cc1ccco1)[C@H]1CCS(=O)(=O)C1. The van der Waals surface area contributed by atoms with Crippen LogP contribution in [0.2, 0.25) is 0 Å². The van der Waals surface area contributed by atoms with E-state index in [0.29, 0.717) is 12.2 Å². The third-order valence-electron chi connectivity index (χ3n) is 4.14. The summed E-state index contributed by atoms with van der Waals surface area (Å²) >= 11 is 0. The van der Waals surface area contributed by atoms with E-state index < -0.39 is 28.4 Å². The van der Waals surface area contributed by atoms with Crippen molar-refractivity contribution in [3.05, 3.63) is 54.0 Å². The maximum Gasteiger partial charge on any atom is 0.387 e. The van der Waals surface area contributed by atoms with E-state index >= 15 is 0 Å². The summed E-state index contributed by atoms with van der Waals surface area (Å²) in [6, 6.07) is 8.21. The third-order valence-corrected chi connectivity index (χ3v) is 5.89. The number of nitrogens with zero attached hydrogens (tertiary/aromatic N) is 1. The van der Waals surface area contributed by atoms with Gasteiger partial charge in [-0.15, -0.1) is 0 Å². The number of hydrogen-bond acceptors (Lipinski definition) is 5. The average Bonchev–Trinajstić information content (AvgIpc) is 3.21. The smallest absolute Gasteiger partial charge is 0.387 e. The first kappa shape index (κ1) is 18.4. The lowest BCUT2D eigenvalue weighted by Crippen LogP contribution is -2.40. The van der Waals surface area contributed by atoms with Crippen molar-refractivity contribution in [3.8, 4) is 5.75 Å². The maximum atomic E-state index is 12.9. The maximum absolute atomic E-state index is 12.9. The molecule has 6 nitrogen and oxygen atoms in total. The molecule has 1 saturated heterocycles. The van der Waals surface area contributed by atoms with E-state index in [1.54, 1.807) is 12.1 Å². The summed E-state index contributed by atoms with van der Waals surface area (Å²) in [6.07, 6.45) is 1.82. The Morgan fingerprint density at radius 3 is 2.54 bits per heavy atom. The quantitative estimate of drug-likeness (QED) is 0.764. The predicted molar refractivity (Wildman–Crippen MR) is 88.7 cm³/mol. The molecule has 2 aromatic rings. The number of alkyl halides is 2. The van der Waals surface area contributed by atoms with Gasteiger partial charge in [-0.25, -0.2) is 8.42 Å². The molecule has 3 rings (SSSR count). The molecule has 0 unspecified atom stereocenters. The molecule has 1 aliphatic rings. The zero-order chi connectivity index (χ0) is 18.7. The first-order valence-electron chi connectivity index (χ1n) is 7.93. The Labute approximate surface area is 149 Å².